The van der Waals surface area contributed by atoms with Crippen molar-refractivity contribution in [2.24, 2.45) is 5.92 Å². The standard InChI is InChI=1S/C25H31FN6O3/c1-16(2)29-24(33)21-7-6-20(13-22(21)26)34-12-4-5-18-8-10-32(11-9-18)25-27-14-19(15-28-25)23-30-17(3)35-31-23/h6-7,13-16,18H,4-5,8-12H2,1-3H3,(H,29,33). The number of aryl methyl sites for hydroxylation is 1. The molecule has 0 atom stereocenters. The highest BCUT2D eigenvalue weighted by atomic mass is 19.1. The lowest BCUT2D eigenvalue weighted by Gasteiger charge is -2.32. The van der Waals surface area contributed by atoms with Gasteiger partial charge in [-0.15, -0.1) is 0 Å². The topological polar surface area (TPSA) is 106 Å². The third-order valence-corrected chi connectivity index (χ3v) is 5.95. The van der Waals surface area contributed by atoms with E-state index in [0.29, 0.717) is 35.9 Å². The third-order valence-electron chi connectivity index (χ3n) is 5.95. The Morgan fingerprint density at radius 2 is 2.00 bits per heavy atom. The number of benzene rings is 1. The van der Waals surface area contributed by atoms with Crippen molar-refractivity contribution in [1.82, 2.24) is 25.4 Å². The fourth-order valence-corrected chi connectivity index (χ4v) is 4.11. The normalized spacial score (nSPS) is 14.4. The van der Waals surface area contributed by atoms with Gasteiger partial charge >= 0.3 is 0 Å². The van der Waals surface area contributed by atoms with Gasteiger partial charge in [0, 0.05) is 44.5 Å². The third kappa shape index (κ3) is 6.52. The number of carbonyl (C=O) groups excluding carboxylic acids is 1. The minimum Gasteiger partial charge on any atom is -0.493 e. The van der Waals surface area contributed by atoms with Gasteiger partial charge < -0.3 is 19.5 Å². The van der Waals surface area contributed by atoms with E-state index in [1.54, 1.807) is 25.4 Å². The van der Waals surface area contributed by atoms with Crippen molar-refractivity contribution in [2.45, 2.75) is 52.5 Å². The Balaban J connectivity index is 1.18. The summed E-state index contributed by atoms with van der Waals surface area (Å²) in [5.41, 5.74) is 0.759. The Bertz CT molecular complexity index is 1130. The van der Waals surface area contributed by atoms with Crippen LogP contribution in [0.1, 0.15) is 55.8 Å². The van der Waals surface area contributed by atoms with Crippen LogP contribution in [-0.4, -0.2) is 51.8 Å². The molecular formula is C25H31FN6O3. The average Bonchev–Trinajstić information content (AvgIpc) is 3.28. The predicted octanol–water partition coefficient (Wildman–Crippen LogP) is 4.19. The SMILES string of the molecule is Cc1nc(-c2cnc(N3CCC(CCCOc4ccc(C(=O)NC(C)C)c(F)c4)CC3)nc2)no1. The Morgan fingerprint density at radius 3 is 2.63 bits per heavy atom. The van der Waals surface area contributed by atoms with Crippen LogP contribution in [-0.2, 0) is 0 Å². The highest BCUT2D eigenvalue weighted by molar-refractivity contribution is 5.94. The summed E-state index contributed by atoms with van der Waals surface area (Å²) < 4.78 is 25.0. The van der Waals surface area contributed by atoms with Crippen LogP contribution in [0.25, 0.3) is 11.4 Å². The molecule has 1 amide bonds. The maximum Gasteiger partial charge on any atom is 0.254 e. The van der Waals surface area contributed by atoms with E-state index in [1.807, 2.05) is 13.8 Å². The number of hydrogen-bond donors (Lipinski definition) is 1. The van der Waals surface area contributed by atoms with E-state index < -0.39 is 11.7 Å². The zero-order chi connectivity index (χ0) is 24.8. The van der Waals surface area contributed by atoms with Gasteiger partial charge in [-0.05, 0) is 57.6 Å². The van der Waals surface area contributed by atoms with E-state index in [4.69, 9.17) is 9.26 Å². The van der Waals surface area contributed by atoms with Gasteiger partial charge in [-0.25, -0.2) is 14.4 Å². The van der Waals surface area contributed by atoms with Crippen LogP contribution in [0, 0.1) is 18.7 Å². The zero-order valence-corrected chi connectivity index (χ0v) is 20.3. The lowest BCUT2D eigenvalue weighted by molar-refractivity contribution is 0.0939. The molecule has 35 heavy (non-hydrogen) atoms. The summed E-state index contributed by atoms with van der Waals surface area (Å²) in [7, 11) is 0. The smallest absolute Gasteiger partial charge is 0.254 e. The maximum absolute atomic E-state index is 14.3. The zero-order valence-electron chi connectivity index (χ0n) is 20.3. The minimum absolute atomic E-state index is 0.0290. The molecule has 9 nitrogen and oxygen atoms in total. The molecule has 1 fully saturated rings. The molecule has 0 saturated carbocycles. The molecule has 1 N–H and O–H groups in total. The fraction of sp³-hybridized carbons (Fsp3) is 0.480. The Hall–Kier alpha value is -3.56. The maximum atomic E-state index is 14.3. The molecule has 0 unspecified atom stereocenters. The summed E-state index contributed by atoms with van der Waals surface area (Å²) in [5.74, 6) is 1.76. The molecule has 1 aliphatic rings. The van der Waals surface area contributed by atoms with Crippen LogP contribution < -0.4 is 15.0 Å². The highest BCUT2D eigenvalue weighted by Crippen LogP contribution is 2.25. The van der Waals surface area contributed by atoms with Crippen molar-refractivity contribution < 1.29 is 18.4 Å². The molecule has 1 aliphatic heterocycles. The number of anilines is 1. The summed E-state index contributed by atoms with van der Waals surface area (Å²) in [6, 6.07) is 4.33. The molecule has 3 heterocycles. The van der Waals surface area contributed by atoms with Crippen molar-refractivity contribution in [3.63, 3.8) is 0 Å². The number of carbonyl (C=O) groups is 1. The van der Waals surface area contributed by atoms with Crippen molar-refractivity contribution in [1.29, 1.82) is 0 Å². The van der Waals surface area contributed by atoms with E-state index in [1.165, 1.54) is 12.1 Å². The summed E-state index contributed by atoms with van der Waals surface area (Å²) in [6.07, 6.45) is 7.50. The van der Waals surface area contributed by atoms with Gasteiger partial charge in [0.05, 0.1) is 17.7 Å². The number of rotatable bonds is 9. The fourth-order valence-electron chi connectivity index (χ4n) is 4.11. The molecule has 1 saturated heterocycles. The molecule has 0 radical (unpaired) electrons. The van der Waals surface area contributed by atoms with Crippen LogP contribution in [0.2, 0.25) is 0 Å². The Kier molecular flexibility index (Phi) is 7.89. The van der Waals surface area contributed by atoms with Gasteiger partial charge in [0.2, 0.25) is 17.7 Å². The van der Waals surface area contributed by atoms with Gasteiger partial charge in [0.25, 0.3) is 5.91 Å². The van der Waals surface area contributed by atoms with Crippen LogP contribution in [0.3, 0.4) is 0 Å². The molecule has 10 heteroatoms. The van der Waals surface area contributed by atoms with Gasteiger partial charge in [-0.1, -0.05) is 5.16 Å². The second kappa shape index (κ2) is 11.2. The van der Waals surface area contributed by atoms with Crippen molar-refractivity contribution in [2.75, 3.05) is 24.6 Å². The molecule has 4 rings (SSSR count). The first-order chi connectivity index (χ1) is 16.9. The summed E-state index contributed by atoms with van der Waals surface area (Å²) in [5, 5.41) is 6.58. The first-order valence-electron chi connectivity index (χ1n) is 12.0. The molecule has 0 aliphatic carbocycles. The van der Waals surface area contributed by atoms with Crippen molar-refractivity contribution in [3.05, 3.63) is 47.9 Å². The van der Waals surface area contributed by atoms with Gasteiger partial charge in [-0.3, -0.25) is 4.79 Å². The van der Waals surface area contributed by atoms with Gasteiger partial charge in [-0.2, -0.15) is 4.98 Å². The van der Waals surface area contributed by atoms with Crippen molar-refractivity contribution in [3.8, 4) is 17.1 Å². The predicted molar refractivity (Wildman–Crippen MR) is 129 cm³/mol. The van der Waals surface area contributed by atoms with E-state index in [-0.39, 0.29) is 11.6 Å². The summed E-state index contributed by atoms with van der Waals surface area (Å²) in [6.45, 7) is 7.73. The molecule has 0 bridgehead atoms. The van der Waals surface area contributed by atoms with E-state index >= 15 is 0 Å². The average molecular weight is 483 g/mol. The quantitative estimate of drug-likeness (QED) is 0.453. The van der Waals surface area contributed by atoms with Crippen LogP contribution in [0.5, 0.6) is 5.75 Å². The lowest BCUT2D eigenvalue weighted by Crippen LogP contribution is -2.34. The molecule has 1 aromatic carbocycles. The number of nitrogens with one attached hydrogen (secondary N) is 1. The number of halogens is 1. The van der Waals surface area contributed by atoms with Gasteiger partial charge in [0.15, 0.2) is 0 Å². The van der Waals surface area contributed by atoms with E-state index in [9.17, 15) is 9.18 Å². The van der Waals surface area contributed by atoms with Crippen LogP contribution in [0.15, 0.2) is 35.1 Å². The van der Waals surface area contributed by atoms with Crippen molar-refractivity contribution >= 4 is 11.9 Å². The molecule has 0 spiro atoms. The number of ether oxygens (including phenoxy) is 1. The first kappa shape index (κ1) is 24.6. The van der Waals surface area contributed by atoms with Crippen LogP contribution in [0.4, 0.5) is 10.3 Å². The number of amides is 1. The number of aromatic nitrogens is 4. The molecule has 2 aromatic heterocycles. The molecule has 186 valence electrons. The molecular weight excluding hydrogens is 451 g/mol. The second-order valence-electron chi connectivity index (χ2n) is 9.10. The van der Waals surface area contributed by atoms with Gasteiger partial charge in [0.1, 0.15) is 11.6 Å². The highest BCUT2D eigenvalue weighted by Gasteiger charge is 2.21. The molecule has 3 aromatic rings. The Morgan fingerprint density at radius 1 is 1.26 bits per heavy atom. The number of piperidine rings is 1. The monoisotopic (exact) mass is 482 g/mol. The lowest BCUT2D eigenvalue weighted by atomic mass is 9.92. The first-order valence-corrected chi connectivity index (χ1v) is 12.0. The number of nitrogens with zero attached hydrogens (tertiary/aromatic N) is 5. The largest absolute Gasteiger partial charge is 0.493 e. The number of hydrogen-bond acceptors (Lipinski definition) is 8. The van der Waals surface area contributed by atoms with Crippen LogP contribution >= 0.6 is 0 Å². The summed E-state index contributed by atoms with van der Waals surface area (Å²) >= 11 is 0. The van der Waals surface area contributed by atoms with E-state index in [0.717, 1.165) is 44.3 Å². The Labute approximate surface area is 204 Å². The summed E-state index contributed by atoms with van der Waals surface area (Å²) in [4.78, 5) is 27.3. The van der Waals surface area contributed by atoms with E-state index in [2.05, 4.69) is 30.3 Å². The second-order valence-corrected chi connectivity index (χ2v) is 9.10. The minimum atomic E-state index is -0.573.